The van der Waals surface area contributed by atoms with Crippen LogP contribution in [0.5, 0.6) is 0 Å². The summed E-state index contributed by atoms with van der Waals surface area (Å²) in [5.41, 5.74) is 1.00. The van der Waals surface area contributed by atoms with Crippen molar-refractivity contribution in [1.82, 2.24) is 9.97 Å². The Hall–Kier alpha value is -1.13. The fraction of sp³-hybridized carbons (Fsp3) is 0. The van der Waals surface area contributed by atoms with E-state index in [0.29, 0.717) is 11.0 Å². The van der Waals surface area contributed by atoms with Crippen molar-refractivity contribution in [1.29, 1.82) is 0 Å². The summed E-state index contributed by atoms with van der Waals surface area (Å²) < 4.78 is 0. The molecule has 13 heavy (non-hydrogen) atoms. The molecule has 0 amide bonds. The van der Waals surface area contributed by atoms with Crippen LogP contribution < -0.4 is 5.32 Å². The normalized spacial score (nSPS) is 9.92. The Morgan fingerprint density at radius 2 is 2.31 bits per heavy atom. The molecule has 2 rings (SSSR count). The Morgan fingerprint density at radius 1 is 1.38 bits per heavy atom. The molecule has 3 nitrogen and oxygen atoms in total. The van der Waals surface area contributed by atoms with Gasteiger partial charge in [0.2, 0.25) is 0 Å². The first-order chi connectivity index (χ1) is 6.34. The standard InChI is InChI=1S/C8H6ClN3S/c9-7-3-10-4-8(12-7)11-6-1-2-13-5-6/h1-5H,(H,11,12). The molecule has 0 aliphatic rings. The zero-order valence-corrected chi connectivity index (χ0v) is 8.14. The third-order valence-corrected chi connectivity index (χ3v) is 2.26. The van der Waals surface area contributed by atoms with Crippen molar-refractivity contribution in [2.24, 2.45) is 0 Å². The second kappa shape index (κ2) is 3.72. The molecular weight excluding hydrogens is 206 g/mol. The molecule has 2 aromatic heterocycles. The molecule has 66 valence electrons. The molecule has 5 heteroatoms. The molecular formula is C8H6ClN3S. The van der Waals surface area contributed by atoms with Crippen molar-refractivity contribution in [3.63, 3.8) is 0 Å². The van der Waals surface area contributed by atoms with E-state index in [9.17, 15) is 0 Å². The summed E-state index contributed by atoms with van der Waals surface area (Å²) in [4.78, 5) is 7.96. The molecule has 0 unspecified atom stereocenters. The predicted molar refractivity (Wildman–Crippen MR) is 54.6 cm³/mol. The van der Waals surface area contributed by atoms with Crippen LogP contribution >= 0.6 is 22.9 Å². The van der Waals surface area contributed by atoms with Gasteiger partial charge >= 0.3 is 0 Å². The Morgan fingerprint density at radius 3 is 3.00 bits per heavy atom. The summed E-state index contributed by atoms with van der Waals surface area (Å²) in [7, 11) is 0. The van der Waals surface area contributed by atoms with Gasteiger partial charge in [0.1, 0.15) is 5.15 Å². The van der Waals surface area contributed by atoms with Crippen molar-refractivity contribution in [3.8, 4) is 0 Å². The number of hydrogen-bond acceptors (Lipinski definition) is 4. The highest BCUT2D eigenvalue weighted by Crippen LogP contribution is 2.17. The molecule has 0 atom stereocenters. The van der Waals surface area contributed by atoms with Gasteiger partial charge in [-0.25, -0.2) is 4.98 Å². The number of nitrogens with one attached hydrogen (secondary N) is 1. The highest BCUT2D eigenvalue weighted by atomic mass is 35.5. The number of rotatable bonds is 2. The van der Waals surface area contributed by atoms with Gasteiger partial charge < -0.3 is 5.32 Å². The Labute approximate surface area is 84.4 Å². The molecule has 0 aliphatic carbocycles. The van der Waals surface area contributed by atoms with Crippen LogP contribution in [0.3, 0.4) is 0 Å². The second-order valence-corrected chi connectivity index (χ2v) is 3.53. The van der Waals surface area contributed by atoms with E-state index < -0.39 is 0 Å². The van der Waals surface area contributed by atoms with Crippen LogP contribution in [-0.4, -0.2) is 9.97 Å². The second-order valence-electron chi connectivity index (χ2n) is 2.36. The largest absolute Gasteiger partial charge is 0.338 e. The van der Waals surface area contributed by atoms with Gasteiger partial charge in [-0.05, 0) is 11.4 Å². The maximum absolute atomic E-state index is 5.67. The Kier molecular flexibility index (Phi) is 2.42. The van der Waals surface area contributed by atoms with Gasteiger partial charge in [0.05, 0.1) is 18.1 Å². The first-order valence-corrected chi connectivity index (χ1v) is 4.93. The van der Waals surface area contributed by atoms with E-state index in [1.165, 1.54) is 6.20 Å². The number of aromatic nitrogens is 2. The van der Waals surface area contributed by atoms with Crippen molar-refractivity contribution in [3.05, 3.63) is 34.4 Å². The highest BCUT2D eigenvalue weighted by Gasteiger charge is 1.96. The molecule has 2 aromatic rings. The summed E-state index contributed by atoms with van der Waals surface area (Å²) in [5, 5.41) is 7.44. The molecule has 0 fully saturated rings. The minimum Gasteiger partial charge on any atom is -0.338 e. The third kappa shape index (κ3) is 2.17. The summed E-state index contributed by atoms with van der Waals surface area (Å²) in [6.45, 7) is 0. The quantitative estimate of drug-likeness (QED) is 0.830. The predicted octanol–water partition coefficient (Wildman–Crippen LogP) is 2.94. The Bertz CT molecular complexity index is 388. The zero-order valence-electron chi connectivity index (χ0n) is 6.57. The maximum Gasteiger partial charge on any atom is 0.150 e. The molecule has 1 N–H and O–H groups in total. The molecule has 2 heterocycles. The first kappa shape index (κ1) is 8.47. The van der Waals surface area contributed by atoms with Gasteiger partial charge in [-0.3, -0.25) is 4.98 Å². The van der Waals surface area contributed by atoms with Crippen LogP contribution in [0.2, 0.25) is 5.15 Å². The van der Waals surface area contributed by atoms with Crippen LogP contribution in [0.25, 0.3) is 0 Å². The lowest BCUT2D eigenvalue weighted by Crippen LogP contribution is -1.92. The topological polar surface area (TPSA) is 37.8 Å². The van der Waals surface area contributed by atoms with Gasteiger partial charge in [-0.2, -0.15) is 11.3 Å². The van der Waals surface area contributed by atoms with E-state index in [0.717, 1.165) is 5.69 Å². The fourth-order valence-electron chi connectivity index (χ4n) is 0.886. The maximum atomic E-state index is 5.67. The third-order valence-electron chi connectivity index (χ3n) is 1.40. The lowest BCUT2D eigenvalue weighted by atomic mass is 10.5. The number of thiophene rings is 1. The zero-order chi connectivity index (χ0) is 9.10. The average Bonchev–Trinajstić information content (AvgIpc) is 2.57. The van der Waals surface area contributed by atoms with Gasteiger partial charge in [-0.1, -0.05) is 11.6 Å². The van der Waals surface area contributed by atoms with Crippen LogP contribution in [0.15, 0.2) is 29.2 Å². The summed E-state index contributed by atoms with van der Waals surface area (Å²) in [6, 6.07) is 1.97. The molecule has 0 saturated heterocycles. The SMILES string of the molecule is Clc1cncc(Nc2ccsc2)n1. The lowest BCUT2D eigenvalue weighted by Gasteiger charge is -2.00. The van der Waals surface area contributed by atoms with Gasteiger partial charge in [-0.15, -0.1) is 0 Å². The van der Waals surface area contributed by atoms with Crippen LogP contribution in [-0.2, 0) is 0 Å². The van der Waals surface area contributed by atoms with Crippen molar-refractivity contribution in [2.45, 2.75) is 0 Å². The average molecular weight is 212 g/mol. The van der Waals surface area contributed by atoms with E-state index in [1.54, 1.807) is 17.5 Å². The van der Waals surface area contributed by atoms with Crippen molar-refractivity contribution in [2.75, 3.05) is 5.32 Å². The number of nitrogens with zero attached hydrogens (tertiary/aromatic N) is 2. The van der Waals surface area contributed by atoms with Crippen LogP contribution in [0, 0.1) is 0 Å². The van der Waals surface area contributed by atoms with Crippen molar-refractivity contribution < 1.29 is 0 Å². The molecule has 0 aliphatic heterocycles. The van der Waals surface area contributed by atoms with E-state index in [2.05, 4.69) is 15.3 Å². The number of hydrogen-bond donors (Lipinski definition) is 1. The summed E-state index contributed by atoms with van der Waals surface area (Å²) >= 11 is 7.29. The van der Waals surface area contributed by atoms with Crippen LogP contribution in [0.4, 0.5) is 11.5 Å². The number of halogens is 1. The van der Waals surface area contributed by atoms with Gasteiger partial charge in [0.15, 0.2) is 5.82 Å². The lowest BCUT2D eigenvalue weighted by molar-refractivity contribution is 1.20. The number of anilines is 2. The van der Waals surface area contributed by atoms with Gasteiger partial charge in [0.25, 0.3) is 0 Å². The molecule has 0 aromatic carbocycles. The fourth-order valence-corrected chi connectivity index (χ4v) is 1.62. The van der Waals surface area contributed by atoms with E-state index in [4.69, 9.17) is 11.6 Å². The van der Waals surface area contributed by atoms with E-state index in [1.807, 2.05) is 16.8 Å². The minimum atomic E-state index is 0.389. The molecule has 0 saturated carbocycles. The first-order valence-electron chi connectivity index (χ1n) is 3.61. The van der Waals surface area contributed by atoms with Crippen molar-refractivity contribution >= 4 is 34.4 Å². The highest BCUT2D eigenvalue weighted by molar-refractivity contribution is 7.08. The minimum absolute atomic E-state index is 0.389. The molecule has 0 bridgehead atoms. The van der Waals surface area contributed by atoms with Gasteiger partial charge in [0, 0.05) is 5.38 Å². The van der Waals surface area contributed by atoms with E-state index >= 15 is 0 Å². The monoisotopic (exact) mass is 211 g/mol. The van der Waals surface area contributed by atoms with Crippen LogP contribution in [0.1, 0.15) is 0 Å². The Balaban J connectivity index is 2.19. The summed E-state index contributed by atoms with van der Waals surface area (Å²) in [6.07, 6.45) is 3.13. The van der Waals surface area contributed by atoms with E-state index in [-0.39, 0.29) is 0 Å². The smallest absolute Gasteiger partial charge is 0.150 e. The molecule has 0 spiro atoms. The summed E-state index contributed by atoms with van der Waals surface area (Å²) in [5.74, 6) is 0.658. The molecule has 0 radical (unpaired) electrons.